The molecule has 1 rings (SSSR count). The third-order valence-corrected chi connectivity index (χ3v) is 4.58. The number of hydrogen-bond donors (Lipinski definition) is 2. The molecule has 9 nitrogen and oxygen atoms in total. The summed E-state index contributed by atoms with van der Waals surface area (Å²) in [6.45, 7) is 2.27. The molecule has 0 saturated heterocycles. The average Bonchev–Trinajstić information content (AvgIpc) is 2.78. The maximum absolute atomic E-state index is 12.1. The second-order valence-corrected chi connectivity index (χ2v) is 7.10. The number of alkyl carbamates (subject to hydrolysis) is 1. The van der Waals surface area contributed by atoms with Gasteiger partial charge in [-0.25, -0.2) is 9.59 Å². The van der Waals surface area contributed by atoms with Crippen molar-refractivity contribution in [2.45, 2.75) is 51.7 Å². The van der Waals surface area contributed by atoms with Crippen molar-refractivity contribution in [3.63, 3.8) is 0 Å². The lowest BCUT2D eigenvalue weighted by atomic mass is 10.0. The van der Waals surface area contributed by atoms with Gasteiger partial charge in [0.1, 0.15) is 12.6 Å². The van der Waals surface area contributed by atoms with Crippen LogP contribution in [-0.4, -0.2) is 50.7 Å². The number of nitrogens with one attached hydrogen (secondary N) is 2. The highest BCUT2D eigenvalue weighted by Crippen LogP contribution is 2.10. The summed E-state index contributed by atoms with van der Waals surface area (Å²) < 4.78 is 14.5. The number of benzene rings is 1. The summed E-state index contributed by atoms with van der Waals surface area (Å²) in [5.74, 6) is -1.93. The normalized spacial score (nSPS) is 12.2. The van der Waals surface area contributed by atoms with E-state index < -0.39 is 30.0 Å². The fourth-order valence-corrected chi connectivity index (χ4v) is 2.83. The summed E-state index contributed by atoms with van der Waals surface area (Å²) in [5, 5.41) is 5.27. The predicted molar refractivity (Wildman–Crippen MR) is 113 cm³/mol. The maximum atomic E-state index is 12.1. The highest BCUT2D eigenvalue weighted by molar-refractivity contribution is 5.85. The van der Waals surface area contributed by atoms with Gasteiger partial charge in [0.15, 0.2) is 0 Å². The van der Waals surface area contributed by atoms with Gasteiger partial charge in [0.05, 0.1) is 20.1 Å². The SMILES string of the molecule is COC(=O)[C@@H](C)C[C@@H](NC(=O)CCCCCNC(=O)OCc1ccccc1)C(=O)OC. The Bertz CT molecular complexity index is 709. The van der Waals surface area contributed by atoms with E-state index in [9.17, 15) is 19.2 Å². The van der Waals surface area contributed by atoms with Gasteiger partial charge < -0.3 is 24.8 Å². The fraction of sp³-hybridized carbons (Fsp3) is 0.545. The molecule has 172 valence electrons. The van der Waals surface area contributed by atoms with Gasteiger partial charge in [-0.15, -0.1) is 0 Å². The second kappa shape index (κ2) is 14.8. The summed E-state index contributed by atoms with van der Waals surface area (Å²) >= 11 is 0. The molecule has 0 unspecified atom stereocenters. The summed E-state index contributed by atoms with van der Waals surface area (Å²) in [4.78, 5) is 47.2. The van der Waals surface area contributed by atoms with Crippen molar-refractivity contribution in [3.8, 4) is 0 Å². The van der Waals surface area contributed by atoms with Crippen molar-refractivity contribution in [1.82, 2.24) is 10.6 Å². The molecule has 2 amide bonds. The Kier molecular flexibility index (Phi) is 12.4. The van der Waals surface area contributed by atoms with Gasteiger partial charge in [0.25, 0.3) is 0 Å². The quantitative estimate of drug-likeness (QED) is 0.277. The smallest absolute Gasteiger partial charge is 0.407 e. The third-order valence-electron chi connectivity index (χ3n) is 4.58. The van der Waals surface area contributed by atoms with Gasteiger partial charge in [-0.2, -0.15) is 0 Å². The van der Waals surface area contributed by atoms with Crippen LogP contribution in [0.2, 0.25) is 0 Å². The van der Waals surface area contributed by atoms with Crippen LogP contribution >= 0.6 is 0 Å². The van der Waals surface area contributed by atoms with Crippen LogP contribution in [0.5, 0.6) is 0 Å². The van der Waals surface area contributed by atoms with Crippen LogP contribution in [0, 0.1) is 5.92 Å². The van der Waals surface area contributed by atoms with Gasteiger partial charge in [0, 0.05) is 13.0 Å². The van der Waals surface area contributed by atoms with E-state index in [4.69, 9.17) is 9.47 Å². The number of hydrogen-bond acceptors (Lipinski definition) is 7. The topological polar surface area (TPSA) is 120 Å². The number of rotatable bonds is 13. The van der Waals surface area contributed by atoms with E-state index in [1.165, 1.54) is 14.2 Å². The zero-order valence-corrected chi connectivity index (χ0v) is 18.3. The maximum Gasteiger partial charge on any atom is 0.407 e. The molecule has 31 heavy (non-hydrogen) atoms. The molecular weight excluding hydrogens is 404 g/mol. The molecule has 0 saturated carbocycles. The van der Waals surface area contributed by atoms with Crippen molar-refractivity contribution in [3.05, 3.63) is 35.9 Å². The van der Waals surface area contributed by atoms with Crippen molar-refractivity contribution in [2.75, 3.05) is 20.8 Å². The number of methoxy groups -OCH3 is 2. The second-order valence-electron chi connectivity index (χ2n) is 7.10. The molecule has 1 aromatic carbocycles. The van der Waals surface area contributed by atoms with Gasteiger partial charge in [-0.1, -0.05) is 43.7 Å². The Morgan fingerprint density at radius 2 is 1.61 bits per heavy atom. The minimum Gasteiger partial charge on any atom is -0.469 e. The van der Waals surface area contributed by atoms with E-state index in [1.54, 1.807) is 6.92 Å². The van der Waals surface area contributed by atoms with Gasteiger partial charge in [-0.3, -0.25) is 9.59 Å². The highest BCUT2D eigenvalue weighted by Gasteiger charge is 2.27. The molecule has 0 heterocycles. The van der Waals surface area contributed by atoms with E-state index in [1.807, 2.05) is 30.3 Å². The predicted octanol–water partition coefficient (Wildman–Crippen LogP) is 2.33. The Morgan fingerprint density at radius 3 is 2.26 bits per heavy atom. The van der Waals surface area contributed by atoms with Crippen LogP contribution in [0.4, 0.5) is 4.79 Å². The minimum absolute atomic E-state index is 0.0973. The molecule has 0 fully saturated rings. The average molecular weight is 437 g/mol. The van der Waals surface area contributed by atoms with Crippen molar-refractivity contribution < 1.29 is 33.4 Å². The Balaban J connectivity index is 2.20. The summed E-state index contributed by atoms with van der Waals surface area (Å²) in [6, 6.07) is 8.48. The van der Waals surface area contributed by atoms with Crippen LogP contribution in [0.25, 0.3) is 0 Å². The first kappa shape index (κ1) is 25.9. The number of unbranched alkanes of at least 4 members (excludes halogenated alkanes) is 2. The molecule has 0 aliphatic carbocycles. The molecule has 1 aromatic rings. The first-order valence-electron chi connectivity index (χ1n) is 10.3. The Morgan fingerprint density at radius 1 is 0.935 bits per heavy atom. The largest absolute Gasteiger partial charge is 0.469 e. The standard InChI is InChI=1S/C22H32N2O7/c1-16(20(26)29-2)14-18(21(27)30-3)24-19(25)12-8-5-9-13-23-22(28)31-15-17-10-6-4-7-11-17/h4,6-7,10-11,16,18H,5,8-9,12-15H2,1-3H3,(H,23,28)(H,24,25)/t16-,18+/m0/s1. The number of carbonyl (C=O) groups excluding carboxylic acids is 4. The first-order valence-corrected chi connectivity index (χ1v) is 10.3. The lowest BCUT2D eigenvalue weighted by molar-refractivity contribution is -0.148. The highest BCUT2D eigenvalue weighted by atomic mass is 16.5. The monoisotopic (exact) mass is 436 g/mol. The zero-order chi connectivity index (χ0) is 23.1. The lowest BCUT2D eigenvalue weighted by Crippen LogP contribution is -2.43. The van der Waals surface area contributed by atoms with Crippen LogP contribution < -0.4 is 10.6 Å². The van der Waals surface area contributed by atoms with Crippen LogP contribution in [-0.2, 0) is 35.2 Å². The van der Waals surface area contributed by atoms with Crippen molar-refractivity contribution in [2.24, 2.45) is 5.92 Å². The fourth-order valence-electron chi connectivity index (χ4n) is 2.83. The van der Waals surface area contributed by atoms with Crippen LogP contribution in [0.3, 0.4) is 0 Å². The van der Waals surface area contributed by atoms with Crippen LogP contribution in [0.1, 0.15) is 44.6 Å². The van der Waals surface area contributed by atoms with Gasteiger partial charge in [0.2, 0.25) is 5.91 Å². The van der Waals surface area contributed by atoms with Crippen molar-refractivity contribution >= 4 is 23.9 Å². The molecule has 0 spiro atoms. The number of ether oxygens (including phenoxy) is 3. The Hall–Kier alpha value is -3.10. The Labute approximate surface area is 182 Å². The number of esters is 2. The first-order chi connectivity index (χ1) is 14.9. The third kappa shape index (κ3) is 11.0. The molecule has 2 N–H and O–H groups in total. The zero-order valence-electron chi connectivity index (χ0n) is 18.3. The lowest BCUT2D eigenvalue weighted by Gasteiger charge is -2.19. The minimum atomic E-state index is -0.910. The molecular formula is C22H32N2O7. The van der Waals surface area contributed by atoms with E-state index in [-0.39, 0.29) is 25.4 Å². The molecule has 0 aliphatic rings. The number of amides is 2. The van der Waals surface area contributed by atoms with Gasteiger partial charge >= 0.3 is 18.0 Å². The summed E-state index contributed by atoms with van der Waals surface area (Å²) in [6.07, 6.45) is 1.83. The molecule has 0 aromatic heterocycles. The van der Waals surface area contributed by atoms with E-state index in [0.29, 0.717) is 25.8 Å². The number of carbonyl (C=O) groups is 4. The molecule has 0 aliphatic heterocycles. The van der Waals surface area contributed by atoms with Gasteiger partial charge in [-0.05, 0) is 24.8 Å². The summed E-state index contributed by atoms with van der Waals surface area (Å²) in [5.41, 5.74) is 0.912. The summed E-state index contributed by atoms with van der Waals surface area (Å²) in [7, 11) is 2.49. The van der Waals surface area contributed by atoms with E-state index in [0.717, 1.165) is 5.56 Å². The van der Waals surface area contributed by atoms with E-state index in [2.05, 4.69) is 15.4 Å². The van der Waals surface area contributed by atoms with Crippen molar-refractivity contribution in [1.29, 1.82) is 0 Å². The molecule has 0 bridgehead atoms. The van der Waals surface area contributed by atoms with Crippen LogP contribution in [0.15, 0.2) is 30.3 Å². The molecule has 0 radical (unpaired) electrons. The molecule has 2 atom stereocenters. The molecule has 9 heteroatoms. The van der Waals surface area contributed by atoms with E-state index >= 15 is 0 Å².